The van der Waals surface area contributed by atoms with E-state index in [2.05, 4.69) is 31.9 Å². The van der Waals surface area contributed by atoms with Gasteiger partial charge in [0.1, 0.15) is 23.3 Å². The second kappa shape index (κ2) is 32.2. The molecule has 4 aromatic rings. The molecule has 78 heavy (non-hydrogen) atoms. The maximum absolute atomic E-state index is 14.2. The van der Waals surface area contributed by atoms with Gasteiger partial charge in [0.25, 0.3) is 11.4 Å². The van der Waals surface area contributed by atoms with Gasteiger partial charge in [-0.25, -0.2) is 19.2 Å². The number of nitro benzene ring substituents is 2. The highest BCUT2D eigenvalue weighted by Crippen LogP contribution is 2.22. The van der Waals surface area contributed by atoms with Gasteiger partial charge in [0.05, 0.1) is 9.85 Å². The Labute approximate surface area is 463 Å². The molecule has 8 amide bonds. The molecule has 0 aromatic heterocycles. The quantitative estimate of drug-likeness (QED) is 0.0136. The largest absolute Gasteiger partial charge is 0.444 e. The van der Waals surface area contributed by atoms with Gasteiger partial charge in [-0.15, -0.1) is 0 Å². The lowest BCUT2D eigenvalue weighted by molar-refractivity contribution is -0.385. The van der Waals surface area contributed by atoms with Crippen LogP contribution in [0.25, 0.3) is 0 Å². The maximum Gasteiger partial charge on any atom is 0.407 e. The highest BCUT2D eigenvalue weighted by molar-refractivity contribution is 8.76. The van der Waals surface area contributed by atoms with Gasteiger partial charge >= 0.3 is 24.2 Å². The lowest BCUT2D eigenvalue weighted by Crippen LogP contribution is -2.53. The fourth-order valence-corrected chi connectivity index (χ4v) is 9.29. The van der Waals surface area contributed by atoms with Gasteiger partial charge in [0.2, 0.25) is 11.8 Å². The van der Waals surface area contributed by atoms with Crippen molar-refractivity contribution in [2.45, 2.75) is 90.5 Å². The SMILES string of the molecule is CC(C)(C)OC(=O)NCCNC(=O)[C@H](Cc1ccc([N+](=O)[O-])cc1)NC(=O)N(CCSSCCN(CCc1ccccc1)C(=O)N[C@@H](Cc1ccc([N+](=O)[O-])cc1)C(=O)NCCNC(=O)OC(C)(C)C)CCc1ccccc1. The number of ether oxygens (including phenoxy) is 2. The lowest BCUT2D eigenvalue weighted by atomic mass is 10.0. The smallest absolute Gasteiger partial charge is 0.407 e. The molecule has 6 N–H and O–H groups in total. The molecule has 4 aromatic carbocycles. The topological polar surface area (TPSA) is 286 Å². The molecule has 422 valence electrons. The van der Waals surface area contributed by atoms with Gasteiger partial charge in [-0.05, 0) is 76.6 Å². The first-order chi connectivity index (χ1) is 37.0. The van der Waals surface area contributed by atoms with Crippen LogP contribution in [0.15, 0.2) is 109 Å². The molecule has 4 rings (SSSR count). The van der Waals surface area contributed by atoms with Crippen LogP contribution in [0.5, 0.6) is 0 Å². The van der Waals surface area contributed by atoms with Crippen LogP contribution < -0.4 is 31.9 Å². The van der Waals surface area contributed by atoms with Crippen molar-refractivity contribution < 1.29 is 48.1 Å². The first-order valence-electron chi connectivity index (χ1n) is 25.4. The van der Waals surface area contributed by atoms with Crippen molar-refractivity contribution in [3.05, 3.63) is 152 Å². The summed E-state index contributed by atoms with van der Waals surface area (Å²) in [4.78, 5) is 105. The summed E-state index contributed by atoms with van der Waals surface area (Å²) in [5.41, 5.74) is 1.42. The zero-order chi connectivity index (χ0) is 57.1. The van der Waals surface area contributed by atoms with Crippen LogP contribution in [0.4, 0.5) is 30.6 Å². The average molecular weight is 1120 g/mol. The van der Waals surface area contributed by atoms with Gasteiger partial charge in [0, 0.05) is 101 Å². The molecule has 24 heteroatoms. The fraction of sp³-hybridized carbons (Fsp3) is 0.444. The normalized spacial score (nSPS) is 11.9. The van der Waals surface area contributed by atoms with Crippen LogP contribution in [0, 0.1) is 20.2 Å². The molecule has 0 saturated heterocycles. The molecule has 0 saturated carbocycles. The third kappa shape index (κ3) is 25.0. The van der Waals surface area contributed by atoms with Gasteiger partial charge < -0.3 is 51.2 Å². The molecule has 0 aliphatic rings. The van der Waals surface area contributed by atoms with Crippen molar-refractivity contribution in [2.24, 2.45) is 0 Å². The first kappa shape index (κ1) is 62.9. The number of hydrogen-bond donors (Lipinski definition) is 6. The van der Waals surface area contributed by atoms with Crippen LogP contribution in [0.3, 0.4) is 0 Å². The number of nitro groups is 2. The number of amides is 8. The van der Waals surface area contributed by atoms with E-state index in [0.29, 0.717) is 48.6 Å². The molecular formula is C54H72N10O12S2. The van der Waals surface area contributed by atoms with E-state index in [4.69, 9.17) is 9.47 Å². The van der Waals surface area contributed by atoms with Gasteiger partial charge in [-0.3, -0.25) is 29.8 Å². The van der Waals surface area contributed by atoms with Crippen LogP contribution in [-0.4, -0.2) is 143 Å². The molecule has 0 radical (unpaired) electrons. The second-order valence-corrected chi connectivity index (χ2v) is 22.5. The molecule has 0 spiro atoms. The molecule has 0 fully saturated rings. The summed E-state index contributed by atoms with van der Waals surface area (Å²) in [6.45, 7) is 11.6. The minimum atomic E-state index is -1.10. The van der Waals surface area contributed by atoms with Gasteiger partial charge in [-0.2, -0.15) is 0 Å². The molecule has 2 atom stereocenters. The Morgan fingerprint density at radius 3 is 1.14 bits per heavy atom. The monoisotopic (exact) mass is 1120 g/mol. The number of alkyl carbamates (subject to hydrolysis) is 2. The van der Waals surface area contributed by atoms with E-state index >= 15 is 0 Å². The van der Waals surface area contributed by atoms with Crippen LogP contribution >= 0.6 is 21.6 Å². The minimum absolute atomic E-state index is 0.0102. The van der Waals surface area contributed by atoms with E-state index in [1.165, 1.54) is 70.1 Å². The molecule has 0 aliphatic heterocycles. The third-order valence-electron chi connectivity index (χ3n) is 11.2. The summed E-state index contributed by atoms with van der Waals surface area (Å²) >= 11 is 0. The van der Waals surface area contributed by atoms with Crippen LogP contribution in [0.1, 0.15) is 63.8 Å². The number of carbonyl (C=O) groups excluding carboxylic acids is 6. The number of rotatable bonds is 29. The zero-order valence-electron chi connectivity index (χ0n) is 45.0. The number of nitrogens with one attached hydrogen (secondary N) is 6. The fourth-order valence-electron chi connectivity index (χ4n) is 7.31. The Morgan fingerprint density at radius 2 is 0.821 bits per heavy atom. The van der Waals surface area contributed by atoms with Crippen LogP contribution in [-0.2, 0) is 44.7 Å². The second-order valence-electron chi connectivity index (χ2n) is 19.8. The highest BCUT2D eigenvalue weighted by Gasteiger charge is 2.27. The summed E-state index contributed by atoms with van der Waals surface area (Å²) in [7, 11) is 2.97. The number of hydrogen-bond acceptors (Lipinski definition) is 14. The van der Waals surface area contributed by atoms with E-state index in [0.717, 1.165) is 11.1 Å². The van der Waals surface area contributed by atoms with E-state index in [1.54, 1.807) is 51.3 Å². The Bertz CT molecular complexity index is 2390. The van der Waals surface area contributed by atoms with Crippen molar-refractivity contribution in [3.63, 3.8) is 0 Å². The van der Waals surface area contributed by atoms with E-state index in [9.17, 15) is 49.0 Å². The van der Waals surface area contributed by atoms with E-state index in [1.807, 2.05) is 60.7 Å². The number of nitrogens with zero attached hydrogens (tertiary/aromatic N) is 4. The Morgan fingerprint density at radius 1 is 0.487 bits per heavy atom. The predicted octanol–water partition coefficient (Wildman–Crippen LogP) is 7.20. The standard InChI is InChI=1S/C54H72N10O12S2/c1-53(2,3)75-51(69)57-29-27-55-47(65)45(37-41-17-21-43(22-18-41)63(71)72)59-49(67)61(31-25-39-13-9-7-10-14-39)33-35-77-78-36-34-62(32-26-40-15-11-8-12-16-40)50(68)60-46(38-42-19-23-44(24-20-42)64(73)74)48(66)56-28-30-58-52(70)76-54(4,5)6/h7-24,45-46H,25-38H2,1-6H3,(H,55,65)(H,56,66)(H,57,69)(H,58,70)(H,59,67)(H,60,68)/t45-,46-/m0/s1. The summed E-state index contributed by atoms with van der Waals surface area (Å²) in [6, 6.07) is 27.4. The lowest BCUT2D eigenvalue weighted by Gasteiger charge is -2.27. The summed E-state index contributed by atoms with van der Waals surface area (Å²) in [5.74, 6) is -0.155. The molecule has 0 unspecified atom stereocenters. The highest BCUT2D eigenvalue weighted by atomic mass is 33.1. The van der Waals surface area contributed by atoms with Crippen molar-refractivity contribution in [3.8, 4) is 0 Å². The number of urea groups is 2. The third-order valence-corrected chi connectivity index (χ3v) is 13.5. The molecule has 0 bridgehead atoms. The predicted molar refractivity (Wildman–Crippen MR) is 301 cm³/mol. The maximum atomic E-state index is 14.2. The molecule has 0 aliphatic carbocycles. The number of non-ortho nitro benzene ring substituents is 2. The van der Waals surface area contributed by atoms with Crippen molar-refractivity contribution in [1.82, 2.24) is 41.7 Å². The van der Waals surface area contributed by atoms with Crippen LogP contribution in [0.2, 0.25) is 0 Å². The van der Waals surface area contributed by atoms with Gasteiger partial charge in [-0.1, -0.05) is 107 Å². The van der Waals surface area contributed by atoms with Crippen molar-refractivity contribution >= 4 is 69.0 Å². The number of carbonyl (C=O) groups is 6. The van der Waals surface area contributed by atoms with E-state index in [-0.39, 0.29) is 63.5 Å². The zero-order valence-corrected chi connectivity index (χ0v) is 46.6. The Balaban J connectivity index is 1.44. The summed E-state index contributed by atoms with van der Waals surface area (Å²) in [5, 5.41) is 39.2. The molecular weight excluding hydrogens is 1040 g/mol. The summed E-state index contributed by atoms with van der Waals surface area (Å²) in [6.07, 6.45) is -0.265. The summed E-state index contributed by atoms with van der Waals surface area (Å²) < 4.78 is 10.5. The minimum Gasteiger partial charge on any atom is -0.444 e. The number of benzene rings is 4. The van der Waals surface area contributed by atoms with Gasteiger partial charge in [0.15, 0.2) is 0 Å². The van der Waals surface area contributed by atoms with E-state index < -0.39 is 69.2 Å². The van der Waals surface area contributed by atoms with Crippen molar-refractivity contribution in [2.75, 3.05) is 63.9 Å². The Hall–Kier alpha value is -7.60. The Kier molecular flexibility index (Phi) is 26.0. The van der Waals surface area contributed by atoms with Crippen molar-refractivity contribution in [1.29, 1.82) is 0 Å². The first-order valence-corrected chi connectivity index (χ1v) is 27.9. The molecule has 0 heterocycles. The molecule has 22 nitrogen and oxygen atoms in total. The average Bonchev–Trinajstić information content (AvgIpc) is 3.38.